The number of nitrogens with zero attached hydrogens (tertiary/aromatic N) is 4. The molecular weight excluding hydrogens is 544 g/mol. The number of hydrogen-bond acceptors (Lipinski definition) is 7. The summed E-state index contributed by atoms with van der Waals surface area (Å²) in [4.78, 5) is 44.9. The van der Waals surface area contributed by atoms with Crippen molar-refractivity contribution < 1.29 is 14.4 Å². The van der Waals surface area contributed by atoms with E-state index in [1.807, 2.05) is 43.3 Å². The maximum atomic E-state index is 13.3. The van der Waals surface area contributed by atoms with Crippen molar-refractivity contribution in [3.8, 4) is 6.07 Å². The highest BCUT2D eigenvalue weighted by Crippen LogP contribution is 2.48. The Kier molecular flexibility index (Phi) is 7.48. The normalized spacial score (nSPS) is 21.8. The highest BCUT2D eigenvalue weighted by atomic mass is 16.2. The molecule has 4 atom stereocenters. The minimum atomic E-state index is -0.819. The maximum Gasteiger partial charge on any atom is 0.251 e. The zero-order valence-corrected chi connectivity index (χ0v) is 24.6. The Bertz CT molecular complexity index is 1540. The molecule has 2 fully saturated rings. The van der Waals surface area contributed by atoms with Crippen LogP contribution < -0.4 is 16.0 Å². The topological polar surface area (TPSA) is 156 Å². The summed E-state index contributed by atoms with van der Waals surface area (Å²) >= 11 is 0. The summed E-state index contributed by atoms with van der Waals surface area (Å²) in [7, 11) is 3.23. The lowest BCUT2D eigenvalue weighted by molar-refractivity contribution is -0.131. The van der Waals surface area contributed by atoms with Crippen molar-refractivity contribution in [3.63, 3.8) is 0 Å². The number of likely N-dealkylation sites (tertiary alicyclic amines) is 1. The van der Waals surface area contributed by atoms with Gasteiger partial charge in [0.1, 0.15) is 18.2 Å². The molecule has 3 aromatic rings. The number of carbonyl (C=O) groups is 3. The molecule has 0 radical (unpaired) electrons. The van der Waals surface area contributed by atoms with E-state index in [2.05, 4.69) is 37.2 Å². The molecule has 11 heteroatoms. The fraction of sp³-hybridized carbons (Fsp3) is 0.438. The molecule has 6 rings (SSSR count). The van der Waals surface area contributed by atoms with E-state index in [9.17, 15) is 19.6 Å². The smallest absolute Gasteiger partial charge is 0.251 e. The molecule has 2 aromatic carbocycles. The number of hydrogen-bond donors (Lipinski definition) is 4. The molecule has 1 unspecified atom stereocenters. The SMILES string of the molecule is CNC(=O)c1ccc2c(c1)CCc1cc(C(=O)NC)ccc1C2(C[C@H](C)NCC(=O)N1C(C#N)C[C@@H]2C[C@@H]21)c1ncn[nH]1. The maximum absolute atomic E-state index is 13.3. The van der Waals surface area contributed by atoms with Crippen LogP contribution in [0.25, 0.3) is 0 Å². The van der Waals surface area contributed by atoms with Gasteiger partial charge in [-0.3, -0.25) is 19.5 Å². The Morgan fingerprint density at radius 1 is 1.05 bits per heavy atom. The van der Waals surface area contributed by atoms with Crippen LogP contribution in [0.1, 0.15) is 75.0 Å². The Morgan fingerprint density at radius 3 is 2.21 bits per heavy atom. The Labute approximate surface area is 250 Å². The van der Waals surface area contributed by atoms with Crippen molar-refractivity contribution in [3.05, 3.63) is 81.9 Å². The van der Waals surface area contributed by atoms with Crippen LogP contribution in [0.15, 0.2) is 42.7 Å². The molecule has 4 N–H and O–H groups in total. The number of rotatable bonds is 8. The summed E-state index contributed by atoms with van der Waals surface area (Å²) in [6.07, 6.45) is 5.07. The van der Waals surface area contributed by atoms with Crippen molar-refractivity contribution in [2.45, 2.75) is 62.6 Å². The summed E-state index contributed by atoms with van der Waals surface area (Å²) in [6.45, 7) is 2.17. The Morgan fingerprint density at radius 2 is 1.67 bits per heavy atom. The number of aromatic nitrogens is 3. The van der Waals surface area contributed by atoms with Crippen molar-refractivity contribution in [1.29, 1.82) is 5.26 Å². The Hall–Kier alpha value is -4.56. The number of carbonyl (C=O) groups excluding carboxylic acids is 3. The van der Waals surface area contributed by atoms with Crippen LogP contribution in [0.2, 0.25) is 0 Å². The van der Waals surface area contributed by atoms with Gasteiger partial charge in [-0.05, 0) is 91.5 Å². The van der Waals surface area contributed by atoms with Crippen LogP contribution in [0.5, 0.6) is 0 Å². The number of nitriles is 1. The van der Waals surface area contributed by atoms with Crippen molar-refractivity contribution >= 4 is 17.7 Å². The Balaban J connectivity index is 1.41. The van der Waals surface area contributed by atoms with Gasteiger partial charge in [0, 0.05) is 37.3 Å². The summed E-state index contributed by atoms with van der Waals surface area (Å²) in [5, 5.41) is 25.8. The van der Waals surface area contributed by atoms with E-state index in [1.54, 1.807) is 19.0 Å². The van der Waals surface area contributed by atoms with Crippen LogP contribution in [-0.4, -0.2) is 76.6 Å². The first-order valence-corrected chi connectivity index (χ1v) is 14.8. The third-order valence-corrected chi connectivity index (χ3v) is 9.35. The van der Waals surface area contributed by atoms with E-state index in [0.29, 0.717) is 42.1 Å². The van der Waals surface area contributed by atoms with Gasteiger partial charge in [-0.2, -0.15) is 10.4 Å². The minimum Gasteiger partial charge on any atom is -0.355 e. The van der Waals surface area contributed by atoms with Gasteiger partial charge in [-0.25, -0.2) is 4.98 Å². The summed E-state index contributed by atoms with van der Waals surface area (Å²) in [6, 6.07) is 13.5. The monoisotopic (exact) mass is 580 g/mol. The van der Waals surface area contributed by atoms with Gasteiger partial charge in [0.25, 0.3) is 11.8 Å². The molecule has 1 aliphatic heterocycles. The first-order chi connectivity index (χ1) is 20.8. The number of benzene rings is 2. The van der Waals surface area contributed by atoms with Crippen molar-refractivity contribution in [2.75, 3.05) is 20.6 Å². The van der Waals surface area contributed by atoms with Gasteiger partial charge in [-0.15, -0.1) is 0 Å². The third kappa shape index (κ3) is 4.95. The molecule has 1 saturated carbocycles. The summed E-state index contributed by atoms with van der Waals surface area (Å²) in [5.41, 5.74) is 4.32. The number of aromatic amines is 1. The molecule has 0 spiro atoms. The second-order valence-corrected chi connectivity index (χ2v) is 11.9. The van der Waals surface area contributed by atoms with E-state index in [4.69, 9.17) is 0 Å². The van der Waals surface area contributed by atoms with E-state index >= 15 is 0 Å². The second kappa shape index (κ2) is 11.3. The quantitative estimate of drug-likeness (QED) is 0.317. The van der Waals surface area contributed by atoms with Crippen molar-refractivity contribution in [2.24, 2.45) is 5.92 Å². The third-order valence-electron chi connectivity index (χ3n) is 9.35. The lowest BCUT2D eigenvalue weighted by Crippen LogP contribution is -2.46. The second-order valence-electron chi connectivity index (χ2n) is 11.9. The predicted octanol–water partition coefficient (Wildman–Crippen LogP) is 1.84. The average molecular weight is 581 g/mol. The minimum absolute atomic E-state index is 0.0516. The summed E-state index contributed by atoms with van der Waals surface area (Å²) < 4.78 is 0. The van der Waals surface area contributed by atoms with Crippen LogP contribution >= 0.6 is 0 Å². The summed E-state index contributed by atoms with van der Waals surface area (Å²) in [5.74, 6) is 0.715. The number of H-pyrrole nitrogens is 1. The predicted molar refractivity (Wildman–Crippen MR) is 158 cm³/mol. The molecule has 0 bridgehead atoms. The van der Waals surface area contributed by atoms with Gasteiger partial charge in [0.15, 0.2) is 0 Å². The molecular formula is C32H36N8O3. The van der Waals surface area contributed by atoms with E-state index < -0.39 is 5.41 Å². The fourth-order valence-corrected chi connectivity index (χ4v) is 7.22. The van der Waals surface area contributed by atoms with Gasteiger partial charge in [0.05, 0.1) is 18.0 Å². The van der Waals surface area contributed by atoms with Gasteiger partial charge < -0.3 is 20.9 Å². The van der Waals surface area contributed by atoms with Crippen LogP contribution in [0.4, 0.5) is 0 Å². The van der Waals surface area contributed by atoms with Gasteiger partial charge in [-0.1, -0.05) is 12.1 Å². The highest BCUT2D eigenvalue weighted by molar-refractivity contribution is 5.95. The van der Waals surface area contributed by atoms with Crippen LogP contribution in [0.3, 0.4) is 0 Å². The fourth-order valence-electron chi connectivity index (χ4n) is 7.22. The van der Waals surface area contributed by atoms with Gasteiger partial charge in [0.2, 0.25) is 5.91 Å². The molecule has 2 aliphatic carbocycles. The van der Waals surface area contributed by atoms with Crippen molar-refractivity contribution in [1.82, 2.24) is 36.0 Å². The lowest BCUT2D eigenvalue weighted by Gasteiger charge is -2.37. The lowest BCUT2D eigenvalue weighted by atomic mass is 9.67. The number of aryl methyl sites for hydroxylation is 2. The van der Waals surface area contributed by atoms with E-state index in [1.165, 1.54) is 6.33 Å². The molecule has 222 valence electrons. The van der Waals surface area contributed by atoms with Crippen LogP contribution in [-0.2, 0) is 23.1 Å². The number of fused-ring (bicyclic) bond motifs is 3. The molecule has 11 nitrogen and oxygen atoms in total. The first-order valence-electron chi connectivity index (χ1n) is 14.8. The zero-order chi connectivity index (χ0) is 30.3. The first kappa shape index (κ1) is 28.6. The van der Waals surface area contributed by atoms with E-state index in [0.717, 1.165) is 35.1 Å². The molecule has 1 saturated heterocycles. The molecule has 2 heterocycles. The number of amides is 3. The highest BCUT2D eigenvalue weighted by Gasteiger charge is 2.54. The number of piperidine rings is 1. The zero-order valence-electron chi connectivity index (χ0n) is 24.6. The van der Waals surface area contributed by atoms with E-state index in [-0.39, 0.29) is 42.4 Å². The number of nitrogens with one attached hydrogen (secondary N) is 4. The molecule has 3 amide bonds. The standard InChI is InChI=1S/C32H36N8O3/c1-18(36-16-28(41)40-24(15-33)12-23-13-27(23)40)14-32(31-37-17-38-39-31)25-8-6-21(29(42)34-2)10-19(25)4-5-20-11-22(30(43)35-3)7-9-26(20)32/h6-11,17-18,23-24,27,36H,4-5,12-14,16H2,1-3H3,(H,34,42)(H,35,43)(H,37,38,39)/t18-,23+,24?,27-/m0/s1. The molecule has 1 aromatic heterocycles. The molecule has 3 aliphatic rings. The van der Waals surface area contributed by atoms with Gasteiger partial charge >= 0.3 is 0 Å². The van der Waals surface area contributed by atoms with Crippen LogP contribution in [0, 0.1) is 17.2 Å². The average Bonchev–Trinajstić information content (AvgIpc) is 3.41. The molecule has 43 heavy (non-hydrogen) atoms. The largest absolute Gasteiger partial charge is 0.355 e.